The Kier molecular flexibility index (Phi) is 6.40. The van der Waals surface area contributed by atoms with Crippen LogP contribution in [0.2, 0.25) is 0 Å². The maximum atomic E-state index is 16.9. The summed E-state index contributed by atoms with van der Waals surface area (Å²) in [6.45, 7) is 1.64. The van der Waals surface area contributed by atoms with E-state index < -0.39 is 74.1 Å². The first-order chi connectivity index (χ1) is 22.0. The number of nitrogens with zero attached hydrogens (tertiary/aromatic N) is 5. The Bertz CT molecular complexity index is 1960. The molecule has 4 aliphatic rings. The Labute approximate surface area is 257 Å². The third kappa shape index (κ3) is 4.29. The molecule has 2 N–H and O–H groups in total. The molecule has 2 aromatic carbocycles. The van der Waals surface area contributed by atoms with Gasteiger partial charge in [0.2, 0.25) is 5.88 Å². The Morgan fingerprint density at radius 3 is 2.74 bits per heavy atom. The van der Waals surface area contributed by atoms with Crippen molar-refractivity contribution in [1.29, 1.82) is 5.26 Å². The number of ether oxygens (including phenoxy) is 2. The third-order valence-electron chi connectivity index (χ3n) is 9.80. The lowest BCUT2D eigenvalue weighted by Crippen LogP contribution is -2.43. The molecule has 0 saturated carbocycles. The summed E-state index contributed by atoms with van der Waals surface area (Å²) in [4.78, 5) is 12.6. The molecular weight excluding hydrogens is 618 g/mol. The van der Waals surface area contributed by atoms with Crippen LogP contribution < -0.4 is 15.4 Å². The molecule has 2 aromatic heterocycles. The molecule has 6 heterocycles. The van der Waals surface area contributed by atoms with Gasteiger partial charge in [0.15, 0.2) is 17.2 Å². The molecule has 0 amide bonds. The van der Waals surface area contributed by atoms with E-state index in [1.807, 2.05) is 4.90 Å². The molecule has 4 fully saturated rings. The second-order valence-electron chi connectivity index (χ2n) is 12.5. The summed E-state index contributed by atoms with van der Waals surface area (Å²) in [7, 11) is 0. The van der Waals surface area contributed by atoms with E-state index in [1.165, 1.54) is 0 Å². The predicted molar refractivity (Wildman–Crippen MR) is 153 cm³/mol. The van der Waals surface area contributed by atoms with Crippen LogP contribution in [-0.4, -0.2) is 71.6 Å². The first-order valence-electron chi connectivity index (χ1n) is 14.9. The lowest BCUT2D eigenvalue weighted by molar-refractivity contribution is -0.137. The summed E-state index contributed by atoms with van der Waals surface area (Å²) in [5, 5.41) is 9.10. The molecule has 15 heteroatoms. The molecule has 240 valence electrons. The molecule has 0 aliphatic carbocycles. The summed E-state index contributed by atoms with van der Waals surface area (Å²) in [5.41, 5.74) is 0.904. The Morgan fingerprint density at radius 1 is 1.20 bits per heavy atom. The first kappa shape index (κ1) is 29.1. The molecule has 46 heavy (non-hydrogen) atoms. The van der Waals surface area contributed by atoms with E-state index in [2.05, 4.69) is 9.97 Å². The SMILES string of the molecule is N#Cc1c(N)oc2c(F)ccc(-c3c(C(F)(F)F)cc4c(N5CC6CC5CO6)nc(OCC56CCCN5CC(F)C6)nc4c3F)c12. The average Bonchev–Trinajstić information content (AvgIpc) is 3.83. The zero-order chi connectivity index (χ0) is 32.1. The van der Waals surface area contributed by atoms with Crippen molar-refractivity contribution in [3.05, 3.63) is 41.0 Å². The maximum absolute atomic E-state index is 16.9. The Balaban J connectivity index is 1.35. The van der Waals surface area contributed by atoms with E-state index in [1.54, 1.807) is 11.0 Å². The third-order valence-corrected chi connectivity index (χ3v) is 9.80. The number of benzene rings is 2. The summed E-state index contributed by atoms with van der Waals surface area (Å²) in [6, 6.07) is 3.78. The molecule has 9 nitrogen and oxygen atoms in total. The highest BCUT2D eigenvalue weighted by Crippen LogP contribution is 2.48. The van der Waals surface area contributed by atoms with Gasteiger partial charge in [-0.2, -0.15) is 28.4 Å². The van der Waals surface area contributed by atoms with Gasteiger partial charge in [-0.3, -0.25) is 4.90 Å². The predicted octanol–water partition coefficient (Wildman–Crippen LogP) is 5.73. The van der Waals surface area contributed by atoms with Crippen molar-refractivity contribution in [3.63, 3.8) is 0 Å². The van der Waals surface area contributed by atoms with Crippen LogP contribution in [0.4, 0.5) is 38.0 Å². The van der Waals surface area contributed by atoms with Gasteiger partial charge in [0, 0.05) is 30.5 Å². The quantitative estimate of drug-likeness (QED) is 0.272. The molecule has 4 atom stereocenters. The summed E-state index contributed by atoms with van der Waals surface area (Å²) in [5.74, 6) is -2.83. The fraction of sp³-hybridized carbons (Fsp3) is 0.452. The minimum Gasteiger partial charge on any atom is -0.461 e. The monoisotopic (exact) mass is 644 g/mol. The molecule has 0 spiro atoms. The van der Waals surface area contributed by atoms with Crippen LogP contribution in [0.1, 0.15) is 36.8 Å². The fourth-order valence-corrected chi connectivity index (χ4v) is 7.78. The van der Waals surface area contributed by atoms with E-state index in [4.69, 9.17) is 19.6 Å². The molecular formula is C31H26F6N6O3. The van der Waals surface area contributed by atoms with Crippen molar-refractivity contribution >= 4 is 33.6 Å². The van der Waals surface area contributed by atoms with Gasteiger partial charge in [0.05, 0.1) is 35.2 Å². The van der Waals surface area contributed by atoms with Crippen molar-refractivity contribution in [1.82, 2.24) is 14.9 Å². The second kappa shape index (κ2) is 10.1. The van der Waals surface area contributed by atoms with E-state index in [0.29, 0.717) is 32.5 Å². The number of hydrogen-bond donors (Lipinski definition) is 1. The highest BCUT2D eigenvalue weighted by atomic mass is 19.4. The molecule has 4 aliphatic heterocycles. The Hall–Kier alpha value is -4.29. The van der Waals surface area contributed by atoms with Crippen molar-refractivity contribution in [3.8, 4) is 23.2 Å². The normalized spacial score (nSPS) is 26.0. The number of morpholine rings is 1. The van der Waals surface area contributed by atoms with Crippen LogP contribution in [0.15, 0.2) is 22.6 Å². The van der Waals surface area contributed by atoms with Gasteiger partial charge in [-0.05, 0) is 43.5 Å². The molecule has 4 unspecified atom stereocenters. The van der Waals surface area contributed by atoms with E-state index in [-0.39, 0.29) is 48.9 Å². The van der Waals surface area contributed by atoms with Crippen LogP contribution in [-0.2, 0) is 10.9 Å². The van der Waals surface area contributed by atoms with Crippen molar-refractivity contribution in [2.75, 3.05) is 43.5 Å². The minimum atomic E-state index is -5.09. The largest absolute Gasteiger partial charge is 0.461 e. The second-order valence-corrected chi connectivity index (χ2v) is 12.5. The van der Waals surface area contributed by atoms with Gasteiger partial charge < -0.3 is 24.5 Å². The number of fused-ring (bicyclic) bond motifs is 5. The van der Waals surface area contributed by atoms with E-state index >= 15 is 4.39 Å². The van der Waals surface area contributed by atoms with Gasteiger partial charge in [-0.1, -0.05) is 6.07 Å². The smallest absolute Gasteiger partial charge is 0.417 e. The van der Waals surface area contributed by atoms with E-state index in [9.17, 15) is 27.2 Å². The number of furan rings is 1. The summed E-state index contributed by atoms with van der Waals surface area (Å²) in [6.07, 6.45) is -3.88. The average molecular weight is 645 g/mol. The van der Waals surface area contributed by atoms with Crippen molar-refractivity contribution < 1.29 is 40.2 Å². The number of alkyl halides is 4. The number of halogens is 6. The lowest BCUT2D eigenvalue weighted by Gasteiger charge is -2.32. The van der Waals surface area contributed by atoms with Crippen molar-refractivity contribution in [2.45, 2.75) is 55.7 Å². The summed E-state index contributed by atoms with van der Waals surface area (Å²) < 4.78 is 107. The van der Waals surface area contributed by atoms with Crippen LogP contribution >= 0.6 is 0 Å². The number of aromatic nitrogens is 2. The molecule has 2 bridgehead atoms. The highest BCUT2D eigenvalue weighted by molar-refractivity contribution is 6.04. The molecule has 4 aromatic rings. The molecule has 8 rings (SSSR count). The van der Waals surface area contributed by atoms with E-state index in [0.717, 1.165) is 24.6 Å². The van der Waals surface area contributed by atoms with Gasteiger partial charge in [-0.15, -0.1) is 0 Å². The van der Waals surface area contributed by atoms with Gasteiger partial charge >= 0.3 is 12.2 Å². The fourth-order valence-electron chi connectivity index (χ4n) is 7.78. The van der Waals surface area contributed by atoms with Crippen LogP contribution in [0, 0.1) is 23.0 Å². The zero-order valence-corrected chi connectivity index (χ0v) is 24.1. The zero-order valence-electron chi connectivity index (χ0n) is 24.1. The Morgan fingerprint density at radius 2 is 2.02 bits per heavy atom. The number of nitriles is 1. The van der Waals surface area contributed by atoms with Crippen LogP contribution in [0.5, 0.6) is 6.01 Å². The minimum absolute atomic E-state index is 0.0149. The van der Waals surface area contributed by atoms with Crippen LogP contribution in [0.3, 0.4) is 0 Å². The number of hydrogen-bond acceptors (Lipinski definition) is 9. The summed E-state index contributed by atoms with van der Waals surface area (Å²) >= 11 is 0. The number of nitrogen functional groups attached to an aromatic ring is 1. The number of rotatable bonds is 5. The standard InChI is InChI=1S/C31H26F6N6O3/c32-14-8-30(4-1-5-42(30)10-14)13-45-29-40-25-18(28(41-29)43-11-16-6-15(43)12-44-16)7-20(31(35,36)37)23(24(25)34)17-2-3-21(33)26-22(17)19(9-38)27(39)46-26/h2-3,7,14-16H,1,4-6,8,10-13,39H2. The molecule has 0 radical (unpaired) electrons. The lowest BCUT2D eigenvalue weighted by atomic mass is 9.92. The first-order valence-corrected chi connectivity index (χ1v) is 14.9. The molecule has 4 saturated heterocycles. The van der Waals surface area contributed by atoms with Gasteiger partial charge in [0.25, 0.3) is 0 Å². The number of nitrogens with two attached hydrogens (primary N) is 1. The highest BCUT2D eigenvalue weighted by Gasteiger charge is 2.50. The topological polar surface area (TPSA) is 114 Å². The van der Waals surface area contributed by atoms with Gasteiger partial charge in [0.1, 0.15) is 35.7 Å². The number of anilines is 2. The van der Waals surface area contributed by atoms with Crippen molar-refractivity contribution in [2.24, 2.45) is 0 Å². The maximum Gasteiger partial charge on any atom is 0.417 e. The van der Waals surface area contributed by atoms with Crippen LogP contribution in [0.25, 0.3) is 33.0 Å². The van der Waals surface area contributed by atoms with Gasteiger partial charge in [-0.25, -0.2) is 13.2 Å².